The molecular weight excluding hydrogens is 274 g/mol. The van der Waals surface area contributed by atoms with Gasteiger partial charge in [0.05, 0.1) is 12.7 Å². The highest BCUT2D eigenvalue weighted by atomic mass is 35.5. The molecule has 0 bridgehead atoms. The Morgan fingerprint density at radius 2 is 1.95 bits per heavy atom. The number of carbonyl (C=O) groups excluding carboxylic acids is 1. The SMILES string of the molecule is COc1ccccc1C(=O)c1c[nH]c2cc(Cl)ccc12. The molecule has 0 aliphatic rings. The van der Waals surface area contributed by atoms with Crippen molar-refractivity contribution >= 4 is 28.3 Å². The number of ketones is 1. The number of para-hydroxylation sites is 1. The Bertz CT molecular complexity index is 792. The topological polar surface area (TPSA) is 42.1 Å². The van der Waals surface area contributed by atoms with Gasteiger partial charge in [0.1, 0.15) is 5.75 Å². The molecule has 0 aliphatic carbocycles. The summed E-state index contributed by atoms with van der Waals surface area (Å²) in [5.41, 5.74) is 2.00. The lowest BCUT2D eigenvalue weighted by atomic mass is 10.0. The van der Waals surface area contributed by atoms with Gasteiger partial charge in [0.25, 0.3) is 0 Å². The lowest BCUT2D eigenvalue weighted by Crippen LogP contribution is -2.03. The van der Waals surface area contributed by atoms with Crippen molar-refractivity contribution in [2.75, 3.05) is 7.11 Å². The molecule has 3 nitrogen and oxygen atoms in total. The fourth-order valence-corrected chi connectivity index (χ4v) is 2.44. The predicted molar refractivity (Wildman–Crippen MR) is 79.7 cm³/mol. The minimum atomic E-state index is -0.0731. The van der Waals surface area contributed by atoms with Crippen LogP contribution in [0.15, 0.2) is 48.7 Å². The molecule has 0 amide bonds. The molecule has 3 aromatic rings. The summed E-state index contributed by atoms with van der Waals surface area (Å²) in [5.74, 6) is 0.497. The van der Waals surface area contributed by atoms with Crippen LogP contribution in [-0.4, -0.2) is 17.9 Å². The molecular formula is C16H12ClNO2. The first-order valence-electron chi connectivity index (χ1n) is 6.15. The van der Waals surface area contributed by atoms with E-state index in [0.717, 1.165) is 10.9 Å². The summed E-state index contributed by atoms with van der Waals surface area (Å²) >= 11 is 5.95. The number of ether oxygens (including phenoxy) is 1. The van der Waals surface area contributed by atoms with Crippen LogP contribution in [0.3, 0.4) is 0 Å². The number of halogens is 1. The second kappa shape index (κ2) is 5.02. The molecule has 1 aromatic heterocycles. The maximum atomic E-state index is 12.7. The summed E-state index contributed by atoms with van der Waals surface area (Å²) in [4.78, 5) is 15.7. The second-order valence-electron chi connectivity index (χ2n) is 4.42. The highest BCUT2D eigenvalue weighted by Crippen LogP contribution is 2.27. The number of carbonyl (C=O) groups is 1. The van der Waals surface area contributed by atoms with Crippen LogP contribution in [0.2, 0.25) is 5.02 Å². The minimum Gasteiger partial charge on any atom is -0.496 e. The Morgan fingerprint density at radius 3 is 2.75 bits per heavy atom. The van der Waals surface area contributed by atoms with Gasteiger partial charge in [-0.1, -0.05) is 29.8 Å². The van der Waals surface area contributed by atoms with Gasteiger partial charge in [-0.3, -0.25) is 4.79 Å². The van der Waals surface area contributed by atoms with Gasteiger partial charge in [-0.2, -0.15) is 0 Å². The van der Waals surface area contributed by atoms with Crippen LogP contribution in [-0.2, 0) is 0 Å². The Morgan fingerprint density at radius 1 is 1.15 bits per heavy atom. The second-order valence-corrected chi connectivity index (χ2v) is 4.86. The fourth-order valence-electron chi connectivity index (χ4n) is 2.26. The average Bonchev–Trinajstić information content (AvgIpc) is 2.89. The molecule has 0 spiro atoms. The van der Waals surface area contributed by atoms with Crippen molar-refractivity contribution in [3.8, 4) is 5.75 Å². The van der Waals surface area contributed by atoms with E-state index in [9.17, 15) is 4.79 Å². The molecule has 1 N–H and O–H groups in total. The average molecular weight is 286 g/mol. The quantitative estimate of drug-likeness (QED) is 0.737. The Kier molecular flexibility index (Phi) is 3.20. The first-order chi connectivity index (χ1) is 9.70. The summed E-state index contributed by atoms with van der Waals surface area (Å²) in [6, 6.07) is 12.6. The molecule has 0 saturated carbocycles. The molecule has 3 rings (SSSR count). The summed E-state index contributed by atoms with van der Waals surface area (Å²) < 4.78 is 5.24. The van der Waals surface area contributed by atoms with E-state index in [0.29, 0.717) is 21.9 Å². The van der Waals surface area contributed by atoms with Crippen LogP contribution < -0.4 is 4.74 Å². The van der Waals surface area contributed by atoms with Gasteiger partial charge in [-0.15, -0.1) is 0 Å². The van der Waals surface area contributed by atoms with Crippen molar-refractivity contribution in [2.45, 2.75) is 0 Å². The van der Waals surface area contributed by atoms with Crippen molar-refractivity contribution in [1.29, 1.82) is 0 Å². The first kappa shape index (κ1) is 12.8. The van der Waals surface area contributed by atoms with Crippen LogP contribution >= 0.6 is 11.6 Å². The third kappa shape index (κ3) is 2.06. The van der Waals surface area contributed by atoms with E-state index < -0.39 is 0 Å². The number of hydrogen-bond acceptors (Lipinski definition) is 2. The number of rotatable bonds is 3. The van der Waals surface area contributed by atoms with Gasteiger partial charge in [-0.05, 0) is 24.3 Å². The van der Waals surface area contributed by atoms with Crippen molar-refractivity contribution < 1.29 is 9.53 Å². The zero-order valence-electron chi connectivity index (χ0n) is 10.8. The van der Waals surface area contributed by atoms with Gasteiger partial charge >= 0.3 is 0 Å². The van der Waals surface area contributed by atoms with E-state index in [1.807, 2.05) is 18.2 Å². The lowest BCUT2D eigenvalue weighted by molar-refractivity contribution is 0.103. The number of benzene rings is 2. The van der Waals surface area contributed by atoms with Crippen LogP contribution in [0, 0.1) is 0 Å². The smallest absolute Gasteiger partial charge is 0.198 e. The predicted octanol–water partition coefficient (Wildman–Crippen LogP) is 4.06. The first-order valence-corrected chi connectivity index (χ1v) is 6.53. The normalized spacial score (nSPS) is 10.7. The van der Waals surface area contributed by atoms with Crippen molar-refractivity contribution in [1.82, 2.24) is 4.98 Å². The monoisotopic (exact) mass is 285 g/mol. The van der Waals surface area contributed by atoms with Crippen LogP contribution in [0.1, 0.15) is 15.9 Å². The third-order valence-corrected chi connectivity index (χ3v) is 3.48. The van der Waals surface area contributed by atoms with Crippen LogP contribution in [0.25, 0.3) is 10.9 Å². The fraction of sp³-hybridized carbons (Fsp3) is 0.0625. The van der Waals surface area contributed by atoms with Gasteiger partial charge in [-0.25, -0.2) is 0 Å². The summed E-state index contributed by atoms with van der Waals surface area (Å²) in [5, 5.41) is 1.49. The number of fused-ring (bicyclic) bond motifs is 1. The van der Waals surface area contributed by atoms with E-state index in [1.165, 1.54) is 0 Å². The Hall–Kier alpha value is -2.26. The molecule has 100 valence electrons. The summed E-state index contributed by atoms with van der Waals surface area (Å²) in [6.45, 7) is 0. The van der Waals surface area contributed by atoms with E-state index in [2.05, 4.69) is 4.98 Å². The van der Waals surface area contributed by atoms with Crippen molar-refractivity contribution in [2.24, 2.45) is 0 Å². The molecule has 0 saturated heterocycles. The van der Waals surface area contributed by atoms with Gasteiger partial charge < -0.3 is 9.72 Å². The zero-order chi connectivity index (χ0) is 14.1. The molecule has 4 heteroatoms. The standard InChI is InChI=1S/C16H12ClNO2/c1-20-15-5-3-2-4-12(15)16(19)13-9-18-14-8-10(17)6-7-11(13)14/h2-9,18H,1H3. The highest BCUT2D eigenvalue weighted by molar-refractivity contribution is 6.31. The number of aromatic amines is 1. The number of nitrogens with one attached hydrogen (secondary N) is 1. The Balaban J connectivity index is 2.13. The number of methoxy groups -OCH3 is 1. The maximum Gasteiger partial charge on any atom is 0.198 e. The highest BCUT2D eigenvalue weighted by Gasteiger charge is 2.17. The molecule has 0 atom stereocenters. The van der Waals surface area contributed by atoms with E-state index >= 15 is 0 Å². The molecule has 2 aromatic carbocycles. The van der Waals surface area contributed by atoms with Crippen molar-refractivity contribution in [3.05, 3.63) is 64.8 Å². The minimum absolute atomic E-state index is 0.0731. The molecule has 0 fully saturated rings. The summed E-state index contributed by atoms with van der Waals surface area (Å²) in [7, 11) is 1.56. The molecule has 1 heterocycles. The van der Waals surface area contributed by atoms with E-state index in [1.54, 1.807) is 37.6 Å². The van der Waals surface area contributed by atoms with E-state index in [-0.39, 0.29) is 5.78 Å². The van der Waals surface area contributed by atoms with Crippen molar-refractivity contribution in [3.63, 3.8) is 0 Å². The molecule has 20 heavy (non-hydrogen) atoms. The lowest BCUT2D eigenvalue weighted by Gasteiger charge is -2.06. The number of H-pyrrole nitrogens is 1. The van der Waals surface area contributed by atoms with Gasteiger partial charge in [0, 0.05) is 27.7 Å². The van der Waals surface area contributed by atoms with Crippen LogP contribution in [0.4, 0.5) is 0 Å². The molecule has 0 aliphatic heterocycles. The number of aromatic nitrogens is 1. The summed E-state index contributed by atoms with van der Waals surface area (Å²) in [6.07, 6.45) is 1.70. The molecule has 0 radical (unpaired) electrons. The maximum absolute atomic E-state index is 12.7. The molecule has 0 unspecified atom stereocenters. The largest absolute Gasteiger partial charge is 0.496 e. The van der Waals surface area contributed by atoms with E-state index in [4.69, 9.17) is 16.3 Å². The third-order valence-electron chi connectivity index (χ3n) is 3.24. The number of hydrogen-bond donors (Lipinski definition) is 1. The van der Waals surface area contributed by atoms with Crippen LogP contribution in [0.5, 0.6) is 5.75 Å². The van der Waals surface area contributed by atoms with Gasteiger partial charge in [0.15, 0.2) is 5.78 Å². The zero-order valence-corrected chi connectivity index (χ0v) is 11.6. The van der Waals surface area contributed by atoms with Gasteiger partial charge in [0.2, 0.25) is 0 Å². The Labute approximate surface area is 121 Å².